The van der Waals surface area contributed by atoms with E-state index in [1.54, 1.807) is 12.1 Å². The van der Waals surface area contributed by atoms with Crippen LogP contribution in [0.3, 0.4) is 0 Å². The average Bonchev–Trinajstić information content (AvgIpc) is 3.40. The molecule has 0 fully saturated rings. The van der Waals surface area contributed by atoms with Gasteiger partial charge < -0.3 is 9.11 Å². The van der Waals surface area contributed by atoms with Crippen LogP contribution in [0.15, 0.2) is 70.5 Å². The molecule has 0 bridgehead atoms. The van der Waals surface area contributed by atoms with Gasteiger partial charge in [-0.1, -0.05) is 295 Å². The van der Waals surface area contributed by atoms with Crippen LogP contribution in [-0.4, -0.2) is 74.8 Å². The molecule has 0 aliphatic heterocycles. The molecule has 0 unspecified atom stereocenters. The van der Waals surface area contributed by atoms with Gasteiger partial charge in [0.25, 0.3) is 0 Å². The van der Waals surface area contributed by atoms with E-state index in [1.807, 2.05) is 12.1 Å². The second kappa shape index (κ2) is 45.3. The fraction of sp³-hybridized carbons (Fsp3) is 0.706. The van der Waals surface area contributed by atoms with E-state index in [2.05, 4.69) is 64.1 Å². The molecule has 9 heteroatoms. The van der Waals surface area contributed by atoms with Gasteiger partial charge in [-0.3, -0.25) is 0 Å². The van der Waals surface area contributed by atoms with Gasteiger partial charge in [-0.05, 0) is 119 Å². The molecular formula is C68H110BaO6S2. The third kappa shape index (κ3) is 33.5. The minimum Gasteiger partial charge on any atom is -0.744 e. The monoisotopic (exact) mass is 1220 g/mol. The van der Waals surface area contributed by atoms with Crippen LogP contribution in [0.5, 0.6) is 0 Å². The molecule has 6 nitrogen and oxygen atoms in total. The number of benzene rings is 4. The Bertz CT molecular complexity index is 2160. The SMILES string of the molecule is CCCCCCCCCCCCc1ccc2cc(CCCCCCCCCCCC)c(S(=O)(=O)[O-])cc2c1.CCCCCCCCCCCCc1ccc2cc(CCCCCCCCCCCC)c(S(=O)(=O)[O-])cc2c1.[Ba+2]. The van der Waals surface area contributed by atoms with Crippen LogP contribution in [0.2, 0.25) is 0 Å². The van der Waals surface area contributed by atoms with Crippen LogP contribution in [0.4, 0.5) is 0 Å². The summed E-state index contributed by atoms with van der Waals surface area (Å²) >= 11 is 0. The first-order valence-electron chi connectivity index (χ1n) is 31.9. The van der Waals surface area contributed by atoms with Gasteiger partial charge in [0.15, 0.2) is 0 Å². The van der Waals surface area contributed by atoms with Crippen molar-refractivity contribution in [2.75, 3.05) is 0 Å². The van der Waals surface area contributed by atoms with Gasteiger partial charge in [-0.25, -0.2) is 16.8 Å². The zero-order valence-electron chi connectivity index (χ0n) is 49.9. The van der Waals surface area contributed by atoms with Crippen molar-refractivity contribution in [2.24, 2.45) is 0 Å². The Labute approximate surface area is 514 Å². The number of hydrogen-bond donors (Lipinski definition) is 0. The van der Waals surface area contributed by atoms with E-state index in [9.17, 15) is 25.9 Å². The first kappa shape index (κ1) is 71.9. The van der Waals surface area contributed by atoms with E-state index in [1.165, 1.54) is 229 Å². The van der Waals surface area contributed by atoms with Crippen molar-refractivity contribution in [3.8, 4) is 0 Å². The topological polar surface area (TPSA) is 114 Å². The fourth-order valence-corrected chi connectivity index (χ4v) is 12.7. The molecule has 432 valence electrons. The molecule has 0 radical (unpaired) electrons. The van der Waals surface area contributed by atoms with Gasteiger partial charge in [-0.2, -0.15) is 0 Å². The largest absolute Gasteiger partial charge is 2.00 e. The second-order valence-electron chi connectivity index (χ2n) is 22.9. The molecule has 0 saturated heterocycles. The summed E-state index contributed by atoms with van der Waals surface area (Å²) in [6.45, 7) is 9.02. The number of unbranched alkanes of at least 4 members (excludes halogenated alkanes) is 36. The van der Waals surface area contributed by atoms with E-state index in [-0.39, 0.29) is 58.7 Å². The quantitative estimate of drug-likeness (QED) is 0.0247. The van der Waals surface area contributed by atoms with Gasteiger partial charge in [0.1, 0.15) is 20.2 Å². The Morgan fingerprint density at radius 3 is 0.727 bits per heavy atom. The van der Waals surface area contributed by atoms with Crippen LogP contribution in [0.25, 0.3) is 21.5 Å². The normalized spacial score (nSPS) is 11.8. The molecule has 0 aromatic heterocycles. The van der Waals surface area contributed by atoms with E-state index >= 15 is 0 Å². The Morgan fingerprint density at radius 2 is 0.494 bits per heavy atom. The number of aryl methyl sites for hydroxylation is 4. The van der Waals surface area contributed by atoms with Crippen LogP contribution in [0.1, 0.15) is 307 Å². The molecule has 0 saturated carbocycles. The molecule has 0 atom stereocenters. The Kier molecular flexibility index (Phi) is 42.3. The Balaban J connectivity index is 0.000000520. The van der Waals surface area contributed by atoms with E-state index in [0.717, 1.165) is 72.9 Å². The average molecular weight is 1230 g/mol. The predicted octanol–water partition coefficient (Wildman–Crippen LogP) is 21.0. The van der Waals surface area contributed by atoms with Gasteiger partial charge in [-0.15, -0.1) is 0 Å². The van der Waals surface area contributed by atoms with Crippen LogP contribution >= 0.6 is 0 Å². The van der Waals surface area contributed by atoms with Crippen molar-refractivity contribution in [3.63, 3.8) is 0 Å². The van der Waals surface area contributed by atoms with Crippen molar-refractivity contribution < 1.29 is 25.9 Å². The summed E-state index contributed by atoms with van der Waals surface area (Å²) in [5, 5.41) is 3.81. The summed E-state index contributed by atoms with van der Waals surface area (Å²) in [5.74, 6) is 0. The van der Waals surface area contributed by atoms with Crippen molar-refractivity contribution >= 4 is 90.7 Å². The van der Waals surface area contributed by atoms with E-state index < -0.39 is 20.2 Å². The molecule has 4 aromatic rings. The van der Waals surface area contributed by atoms with Gasteiger partial charge in [0, 0.05) is 0 Å². The molecule has 4 aromatic carbocycles. The molecule has 0 heterocycles. The van der Waals surface area contributed by atoms with Crippen LogP contribution in [-0.2, 0) is 45.9 Å². The standard InChI is InChI=1S/2C34H56O3S.Ba/c2*1-3-5-7-9-11-13-15-17-19-21-23-30-25-26-31-28-32(34(38(35,36)37)29-33(31)27-30)24-22-20-18-16-14-12-10-8-6-4-2;/h2*25-29H,3-24H2,1-2H3,(H,35,36,37);/q;;+2/p-2. The molecule has 0 N–H and O–H groups in total. The van der Waals surface area contributed by atoms with Crippen molar-refractivity contribution in [1.82, 2.24) is 0 Å². The van der Waals surface area contributed by atoms with Gasteiger partial charge in [0.2, 0.25) is 0 Å². The number of rotatable bonds is 46. The van der Waals surface area contributed by atoms with E-state index in [4.69, 9.17) is 0 Å². The number of hydrogen-bond acceptors (Lipinski definition) is 6. The maximum absolute atomic E-state index is 12.1. The molecule has 77 heavy (non-hydrogen) atoms. The molecule has 0 aliphatic rings. The van der Waals surface area contributed by atoms with Crippen molar-refractivity contribution in [2.45, 2.75) is 320 Å². The third-order valence-electron chi connectivity index (χ3n) is 15.9. The van der Waals surface area contributed by atoms with Gasteiger partial charge >= 0.3 is 48.9 Å². The first-order valence-corrected chi connectivity index (χ1v) is 34.8. The predicted molar refractivity (Wildman–Crippen MR) is 332 cm³/mol. The Hall–Kier alpha value is -1.21. The summed E-state index contributed by atoms with van der Waals surface area (Å²) in [7, 11) is -8.98. The molecule has 4 rings (SSSR count). The molecule has 0 spiro atoms. The molecule has 0 aliphatic carbocycles. The fourth-order valence-electron chi connectivity index (χ4n) is 11.2. The summed E-state index contributed by atoms with van der Waals surface area (Å²) in [6.07, 6.45) is 54.5. The first-order chi connectivity index (χ1) is 36.9. The Morgan fingerprint density at radius 1 is 0.273 bits per heavy atom. The van der Waals surface area contributed by atoms with Gasteiger partial charge in [0.05, 0.1) is 9.79 Å². The van der Waals surface area contributed by atoms with Crippen LogP contribution in [0, 0.1) is 0 Å². The van der Waals surface area contributed by atoms with Crippen molar-refractivity contribution in [1.29, 1.82) is 0 Å². The summed E-state index contributed by atoms with van der Waals surface area (Å²) in [4.78, 5) is -0.0333. The molecular weight excluding hydrogens is 1110 g/mol. The third-order valence-corrected chi connectivity index (χ3v) is 17.8. The minimum atomic E-state index is -4.49. The van der Waals surface area contributed by atoms with Crippen LogP contribution < -0.4 is 0 Å². The summed E-state index contributed by atoms with van der Waals surface area (Å²) < 4.78 is 72.5. The summed E-state index contributed by atoms with van der Waals surface area (Å²) in [5.41, 5.74) is 3.84. The van der Waals surface area contributed by atoms with Crippen molar-refractivity contribution in [3.05, 3.63) is 82.9 Å². The smallest absolute Gasteiger partial charge is 0.744 e. The second-order valence-corrected chi connectivity index (χ2v) is 25.6. The summed E-state index contributed by atoms with van der Waals surface area (Å²) in [6, 6.07) is 19.9. The number of fused-ring (bicyclic) bond motifs is 2. The zero-order valence-corrected chi connectivity index (χ0v) is 55.9. The molecule has 0 amide bonds. The zero-order chi connectivity index (χ0) is 55.0. The maximum atomic E-state index is 12.1. The minimum absolute atomic E-state index is 0. The maximum Gasteiger partial charge on any atom is 2.00 e. The van der Waals surface area contributed by atoms with E-state index in [0.29, 0.717) is 24.0 Å².